The van der Waals surface area contributed by atoms with Gasteiger partial charge in [-0.15, -0.1) is 10.2 Å². The van der Waals surface area contributed by atoms with Gasteiger partial charge in [0.05, 0.1) is 6.61 Å². The van der Waals surface area contributed by atoms with Crippen LogP contribution < -0.4 is 10.1 Å². The summed E-state index contributed by atoms with van der Waals surface area (Å²) in [6.45, 7) is 1.58. The molecule has 0 atom stereocenters. The van der Waals surface area contributed by atoms with Gasteiger partial charge in [0.15, 0.2) is 0 Å². The zero-order chi connectivity index (χ0) is 9.10. The van der Waals surface area contributed by atoms with Crippen molar-refractivity contribution in [1.82, 2.24) is 15.5 Å². The van der Waals surface area contributed by atoms with E-state index in [-0.39, 0.29) is 0 Å². The molecule has 1 aliphatic rings. The van der Waals surface area contributed by atoms with E-state index < -0.39 is 0 Å². The third kappa shape index (κ3) is 2.63. The summed E-state index contributed by atoms with van der Waals surface area (Å²) in [6.07, 6.45) is 2.62. The van der Waals surface area contributed by atoms with Crippen LogP contribution in [0.1, 0.15) is 17.8 Å². The second-order valence-corrected chi connectivity index (χ2v) is 4.27. The van der Waals surface area contributed by atoms with E-state index in [4.69, 9.17) is 4.74 Å². The Kier molecular flexibility index (Phi) is 2.75. The summed E-state index contributed by atoms with van der Waals surface area (Å²) >= 11 is 1.52. The van der Waals surface area contributed by atoms with E-state index in [1.54, 1.807) is 0 Å². The van der Waals surface area contributed by atoms with Gasteiger partial charge in [-0.25, -0.2) is 0 Å². The van der Waals surface area contributed by atoms with Gasteiger partial charge in [-0.1, -0.05) is 11.3 Å². The van der Waals surface area contributed by atoms with Crippen molar-refractivity contribution < 1.29 is 4.74 Å². The van der Waals surface area contributed by atoms with Crippen LogP contribution in [0, 0.1) is 5.92 Å². The van der Waals surface area contributed by atoms with Gasteiger partial charge in [0.2, 0.25) is 0 Å². The highest BCUT2D eigenvalue weighted by molar-refractivity contribution is 7.13. The first-order valence-corrected chi connectivity index (χ1v) is 5.30. The Balaban J connectivity index is 1.81. The Bertz CT molecular complexity index is 272. The number of rotatable bonds is 5. The molecule has 1 aliphatic carbocycles. The van der Waals surface area contributed by atoms with Crippen LogP contribution in [0.15, 0.2) is 0 Å². The topological polar surface area (TPSA) is 47.0 Å². The Hall–Kier alpha value is -0.680. The second kappa shape index (κ2) is 4.02. The minimum absolute atomic E-state index is 0.706. The van der Waals surface area contributed by atoms with Gasteiger partial charge in [0, 0.05) is 6.54 Å². The van der Waals surface area contributed by atoms with Gasteiger partial charge in [-0.05, 0) is 25.8 Å². The first kappa shape index (κ1) is 8.90. The standard InChI is InChI=1S/C8H13N3OS/c1-9-4-7-10-11-8(13-7)12-5-6-2-3-6/h6,9H,2-5H2,1H3. The van der Waals surface area contributed by atoms with Crippen LogP contribution in [0.25, 0.3) is 0 Å². The van der Waals surface area contributed by atoms with Crippen molar-refractivity contribution in [1.29, 1.82) is 0 Å². The third-order valence-electron chi connectivity index (χ3n) is 1.92. The monoisotopic (exact) mass is 199 g/mol. The Labute approximate surface area is 81.3 Å². The lowest BCUT2D eigenvalue weighted by Crippen LogP contribution is -2.04. The number of ether oxygens (including phenoxy) is 1. The molecule has 1 N–H and O–H groups in total. The smallest absolute Gasteiger partial charge is 0.294 e. The van der Waals surface area contributed by atoms with Gasteiger partial charge in [-0.3, -0.25) is 0 Å². The predicted octanol–water partition coefficient (Wildman–Crippen LogP) is 1.05. The Morgan fingerprint density at radius 3 is 3.08 bits per heavy atom. The van der Waals surface area contributed by atoms with Gasteiger partial charge >= 0.3 is 0 Å². The first-order valence-electron chi connectivity index (χ1n) is 4.48. The molecule has 0 aliphatic heterocycles. The van der Waals surface area contributed by atoms with E-state index in [0.29, 0.717) is 5.19 Å². The fourth-order valence-electron chi connectivity index (χ4n) is 0.993. The first-order chi connectivity index (χ1) is 6.38. The van der Waals surface area contributed by atoms with Crippen molar-refractivity contribution in [3.63, 3.8) is 0 Å². The van der Waals surface area contributed by atoms with Crippen LogP contribution in [0.5, 0.6) is 5.19 Å². The molecule has 0 radical (unpaired) electrons. The van der Waals surface area contributed by atoms with E-state index in [9.17, 15) is 0 Å². The Morgan fingerprint density at radius 2 is 2.38 bits per heavy atom. The average Bonchev–Trinajstić information content (AvgIpc) is 2.85. The maximum atomic E-state index is 5.47. The number of hydrogen-bond acceptors (Lipinski definition) is 5. The molecule has 5 heteroatoms. The largest absolute Gasteiger partial charge is 0.469 e. The normalized spacial score (nSPS) is 16.1. The zero-order valence-electron chi connectivity index (χ0n) is 7.62. The summed E-state index contributed by atoms with van der Waals surface area (Å²) in [5.74, 6) is 0.775. The van der Waals surface area contributed by atoms with E-state index in [1.807, 2.05) is 7.05 Å². The lowest BCUT2D eigenvalue weighted by Gasteiger charge is -1.96. The summed E-state index contributed by atoms with van der Waals surface area (Å²) in [7, 11) is 1.89. The number of nitrogens with zero attached hydrogens (tertiary/aromatic N) is 2. The molecular formula is C8H13N3OS. The molecule has 0 unspecified atom stereocenters. The van der Waals surface area contributed by atoms with Gasteiger partial charge in [0.25, 0.3) is 5.19 Å². The van der Waals surface area contributed by atoms with Crippen molar-refractivity contribution in [2.45, 2.75) is 19.4 Å². The van der Waals surface area contributed by atoms with Crippen molar-refractivity contribution in [3.8, 4) is 5.19 Å². The van der Waals surface area contributed by atoms with Crippen LogP contribution in [0.3, 0.4) is 0 Å². The summed E-state index contributed by atoms with van der Waals surface area (Å²) in [4.78, 5) is 0. The molecular weight excluding hydrogens is 186 g/mol. The molecule has 1 aromatic rings. The number of hydrogen-bond donors (Lipinski definition) is 1. The van der Waals surface area contributed by atoms with E-state index in [0.717, 1.165) is 24.1 Å². The molecule has 0 amide bonds. The van der Waals surface area contributed by atoms with Crippen molar-refractivity contribution in [3.05, 3.63) is 5.01 Å². The highest BCUT2D eigenvalue weighted by Gasteiger charge is 2.22. The lowest BCUT2D eigenvalue weighted by atomic mass is 10.5. The maximum absolute atomic E-state index is 5.47. The highest BCUT2D eigenvalue weighted by atomic mass is 32.1. The summed E-state index contributed by atoms with van der Waals surface area (Å²) < 4.78 is 5.47. The molecule has 0 spiro atoms. The number of nitrogens with one attached hydrogen (secondary N) is 1. The molecule has 72 valence electrons. The highest BCUT2D eigenvalue weighted by Crippen LogP contribution is 2.30. The molecule has 0 saturated heterocycles. The van der Waals surface area contributed by atoms with Crippen molar-refractivity contribution in [2.24, 2.45) is 5.92 Å². The van der Waals surface area contributed by atoms with E-state index in [1.165, 1.54) is 24.2 Å². The summed E-state index contributed by atoms with van der Waals surface area (Å²) in [5, 5.41) is 12.6. The molecule has 1 fully saturated rings. The van der Waals surface area contributed by atoms with Crippen molar-refractivity contribution in [2.75, 3.05) is 13.7 Å². The van der Waals surface area contributed by atoms with Crippen LogP contribution >= 0.6 is 11.3 Å². The Morgan fingerprint density at radius 1 is 1.54 bits per heavy atom. The maximum Gasteiger partial charge on any atom is 0.294 e. The van der Waals surface area contributed by atoms with Gasteiger partial charge in [0.1, 0.15) is 5.01 Å². The van der Waals surface area contributed by atoms with Crippen LogP contribution in [0.4, 0.5) is 0 Å². The summed E-state index contributed by atoms with van der Waals surface area (Å²) in [6, 6.07) is 0. The molecule has 13 heavy (non-hydrogen) atoms. The molecule has 0 bridgehead atoms. The molecule has 0 aromatic carbocycles. The minimum atomic E-state index is 0.706. The van der Waals surface area contributed by atoms with Crippen LogP contribution in [-0.2, 0) is 6.54 Å². The molecule has 1 saturated carbocycles. The van der Waals surface area contributed by atoms with Crippen molar-refractivity contribution >= 4 is 11.3 Å². The molecule has 1 heterocycles. The third-order valence-corrected chi connectivity index (χ3v) is 2.75. The van der Waals surface area contributed by atoms with E-state index >= 15 is 0 Å². The predicted molar refractivity (Wildman–Crippen MR) is 50.9 cm³/mol. The second-order valence-electron chi connectivity index (χ2n) is 3.25. The van der Waals surface area contributed by atoms with Crippen LogP contribution in [-0.4, -0.2) is 23.9 Å². The lowest BCUT2D eigenvalue weighted by molar-refractivity contribution is 0.296. The molecule has 1 aromatic heterocycles. The number of aromatic nitrogens is 2. The zero-order valence-corrected chi connectivity index (χ0v) is 8.43. The summed E-state index contributed by atoms with van der Waals surface area (Å²) in [5.41, 5.74) is 0. The minimum Gasteiger partial charge on any atom is -0.469 e. The quantitative estimate of drug-likeness (QED) is 0.770. The molecule has 2 rings (SSSR count). The van der Waals surface area contributed by atoms with Crippen LogP contribution in [0.2, 0.25) is 0 Å². The average molecular weight is 199 g/mol. The van der Waals surface area contributed by atoms with Gasteiger partial charge < -0.3 is 10.1 Å². The fourth-order valence-corrected chi connectivity index (χ4v) is 1.70. The van der Waals surface area contributed by atoms with Gasteiger partial charge in [-0.2, -0.15) is 0 Å². The molecule has 4 nitrogen and oxygen atoms in total. The van der Waals surface area contributed by atoms with E-state index in [2.05, 4.69) is 15.5 Å². The fraction of sp³-hybridized carbons (Fsp3) is 0.750. The SMILES string of the molecule is CNCc1nnc(OCC2CC2)s1.